The SMILES string of the molecule is CC(N)CCCC(C)C(=O)N(CCC#N)CCC#N. The number of carbonyl (C=O) groups excluding carboxylic acids is 1. The minimum absolute atomic E-state index is 0.0372. The Hall–Kier alpha value is -1.59. The second-order valence-corrected chi connectivity index (χ2v) is 4.95. The molecular formula is C14H24N4O. The molecule has 0 aromatic carbocycles. The summed E-state index contributed by atoms with van der Waals surface area (Å²) in [7, 11) is 0. The van der Waals surface area contributed by atoms with E-state index in [1.807, 2.05) is 26.0 Å². The van der Waals surface area contributed by atoms with Gasteiger partial charge in [-0.3, -0.25) is 4.79 Å². The molecule has 0 fully saturated rings. The normalized spacial score (nSPS) is 13.1. The van der Waals surface area contributed by atoms with Gasteiger partial charge in [0.2, 0.25) is 5.91 Å². The Morgan fingerprint density at radius 2 is 1.68 bits per heavy atom. The third-order valence-corrected chi connectivity index (χ3v) is 3.02. The van der Waals surface area contributed by atoms with Crippen LogP contribution in [0.15, 0.2) is 0 Å². The Morgan fingerprint density at radius 3 is 2.11 bits per heavy atom. The summed E-state index contributed by atoms with van der Waals surface area (Å²) in [5.74, 6) is -0.0358. The summed E-state index contributed by atoms with van der Waals surface area (Å²) >= 11 is 0. The van der Waals surface area contributed by atoms with Crippen LogP contribution in [-0.4, -0.2) is 29.9 Å². The Bertz CT molecular complexity index is 322. The molecule has 5 heteroatoms. The first-order valence-electron chi connectivity index (χ1n) is 6.81. The van der Waals surface area contributed by atoms with Crippen molar-refractivity contribution < 1.29 is 4.79 Å². The van der Waals surface area contributed by atoms with Crippen molar-refractivity contribution >= 4 is 5.91 Å². The molecule has 0 heterocycles. The van der Waals surface area contributed by atoms with Gasteiger partial charge in [-0.2, -0.15) is 10.5 Å². The number of carbonyl (C=O) groups is 1. The Balaban J connectivity index is 4.27. The highest BCUT2D eigenvalue weighted by molar-refractivity contribution is 5.78. The quantitative estimate of drug-likeness (QED) is 0.687. The van der Waals surface area contributed by atoms with Gasteiger partial charge in [-0.25, -0.2) is 0 Å². The van der Waals surface area contributed by atoms with Gasteiger partial charge in [0, 0.05) is 25.0 Å². The fraction of sp³-hybridized carbons (Fsp3) is 0.786. The molecule has 0 aliphatic rings. The molecule has 0 rings (SSSR count). The zero-order valence-corrected chi connectivity index (χ0v) is 11.9. The van der Waals surface area contributed by atoms with Crippen LogP contribution >= 0.6 is 0 Å². The van der Waals surface area contributed by atoms with Crippen molar-refractivity contribution in [2.24, 2.45) is 11.7 Å². The lowest BCUT2D eigenvalue weighted by atomic mass is 10.0. The molecule has 0 radical (unpaired) electrons. The van der Waals surface area contributed by atoms with Gasteiger partial charge in [-0.15, -0.1) is 0 Å². The third-order valence-electron chi connectivity index (χ3n) is 3.02. The molecule has 19 heavy (non-hydrogen) atoms. The van der Waals surface area contributed by atoms with Crippen LogP contribution in [0.5, 0.6) is 0 Å². The van der Waals surface area contributed by atoms with Crippen molar-refractivity contribution in [3.05, 3.63) is 0 Å². The van der Waals surface area contributed by atoms with Crippen LogP contribution < -0.4 is 5.73 Å². The number of nitrogens with zero attached hydrogens (tertiary/aromatic N) is 3. The van der Waals surface area contributed by atoms with E-state index in [9.17, 15) is 4.79 Å². The Kier molecular flexibility index (Phi) is 9.48. The first kappa shape index (κ1) is 17.4. The van der Waals surface area contributed by atoms with E-state index in [1.54, 1.807) is 4.90 Å². The molecule has 1 amide bonds. The van der Waals surface area contributed by atoms with Crippen molar-refractivity contribution in [1.82, 2.24) is 4.90 Å². The van der Waals surface area contributed by atoms with Crippen LogP contribution in [0.4, 0.5) is 0 Å². The van der Waals surface area contributed by atoms with Gasteiger partial charge in [0.05, 0.1) is 25.0 Å². The lowest BCUT2D eigenvalue weighted by Gasteiger charge is -2.24. The average Bonchev–Trinajstić information content (AvgIpc) is 2.37. The van der Waals surface area contributed by atoms with E-state index < -0.39 is 0 Å². The molecule has 0 aromatic heterocycles. The van der Waals surface area contributed by atoms with Crippen molar-refractivity contribution in [2.45, 2.75) is 52.0 Å². The molecule has 0 aromatic rings. The van der Waals surface area contributed by atoms with Gasteiger partial charge in [-0.1, -0.05) is 13.3 Å². The predicted molar refractivity (Wildman–Crippen MR) is 73.7 cm³/mol. The van der Waals surface area contributed by atoms with Crippen molar-refractivity contribution in [2.75, 3.05) is 13.1 Å². The summed E-state index contributed by atoms with van der Waals surface area (Å²) in [6, 6.07) is 4.23. The van der Waals surface area contributed by atoms with Crippen LogP contribution in [0.2, 0.25) is 0 Å². The summed E-state index contributed by atoms with van der Waals surface area (Å²) in [4.78, 5) is 13.8. The number of hydrogen-bond acceptors (Lipinski definition) is 4. The smallest absolute Gasteiger partial charge is 0.225 e. The molecule has 106 valence electrons. The summed E-state index contributed by atoms with van der Waals surface area (Å²) in [5.41, 5.74) is 5.68. The highest BCUT2D eigenvalue weighted by atomic mass is 16.2. The highest BCUT2D eigenvalue weighted by Crippen LogP contribution is 2.13. The maximum Gasteiger partial charge on any atom is 0.225 e. The summed E-state index contributed by atoms with van der Waals surface area (Å²) in [5, 5.41) is 17.2. The van der Waals surface area contributed by atoms with Crippen molar-refractivity contribution in [3.63, 3.8) is 0 Å². The summed E-state index contributed by atoms with van der Waals surface area (Å²) < 4.78 is 0. The maximum absolute atomic E-state index is 12.2. The minimum atomic E-state index is -0.0730. The molecule has 0 saturated carbocycles. The van der Waals surface area contributed by atoms with E-state index in [4.69, 9.17) is 16.3 Å². The molecule has 0 aliphatic heterocycles. The Morgan fingerprint density at radius 1 is 1.16 bits per heavy atom. The fourth-order valence-corrected chi connectivity index (χ4v) is 1.88. The molecule has 2 atom stereocenters. The van der Waals surface area contributed by atoms with Gasteiger partial charge >= 0.3 is 0 Å². The Labute approximate surface area is 116 Å². The topological polar surface area (TPSA) is 93.9 Å². The zero-order valence-electron chi connectivity index (χ0n) is 11.9. The number of nitriles is 2. The molecule has 0 aliphatic carbocycles. The lowest BCUT2D eigenvalue weighted by molar-refractivity contribution is -0.135. The number of nitrogens with two attached hydrogens (primary N) is 1. The lowest BCUT2D eigenvalue weighted by Crippen LogP contribution is -2.36. The number of hydrogen-bond donors (Lipinski definition) is 1. The largest absolute Gasteiger partial charge is 0.340 e. The molecule has 5 nitrogen and oxygen atoms in total. The standard InChI is InChI=1S/C14H24N4O/c1-12(6-3-7-13(2)17)14(19)18(10-4-8-15)11-5-9-16/h12-13H,3-7,10-11,17H2,1-2H3. The molecule has 0 bridgehead atoms. The predicted octanol–water partition coefficient (Wildman–Crippen LogP) is 1.80. The first-order chi connectivity index (χ1) is 9.02. The molecule has 0 saturated heterocycles. The minimum Gasteiger partial charge on any atom is -0.340 e. The number of rotatable bonds is 9. The summed E-state index contributed by atoms with van der Waals surface area (Å²) in [6.45, 7) is 4.68. The van der Waals surface area contributed by atoms with E-state index in [2.05, 4.69) is 0 Å². The second kappa shape index (κ2) is 10.3. The average molecular weight is 264 g/mol. The van der Waals surface area contributed by atoms with Gasteiger partial charge < -0.3 is 10.6 Å². The van der Waals surface area contributed by atoms with Crippen molar-refractivity contribution in [3.8, 4) is 12.1 Å². The monoisotopic (exact) mass is 264 g/mol. The van der Waals surface area contributed by atoms with E-state index >= 15 is 0 Å². The zero-order chi connectivity index (χ0) is 14.7. The van der Waals surface area contributed by atoms with Crippen LogP contribution in [-0.2, 0) is 4.79 Å². The van der Waals surface area contributed by atoms with Crippen molar-refractivity contribution in [1.29, 1.82) is 10.5 Å². The van der Waals surface area contributed by atoms with Crippen LogP contribution in [0.1, 0.15) is 46.0 Å². The maximum atomic E-state index is 12.2. The third kappa shape index (κ3) is 8.18. The second-order valence-electron chi connectivity index (χ2n) is 4.95. The number of amides is 1. The molecular weight excluding hydrogens is 240 g/mol. The molecule has 2 unspecified atom stereocenters. The van der Waals surface area contributed by atoms with E-state index in [-0.39, 0.29) is 17.9 Å². The summed E-state index contributed by atoms with van der Waals surface area (Å²) in [6.07, 6.45) is 3.26. The van der Waals surface area contributed by atoms with Crippen LogP contribution in [0.3, 0.4) is 0 Å². The van der Waals surface area contributed by atoms with E-state index in [0.717, 1.165) is 19.3 Å². The van der Waals surface area contributed by atoms with Gasteiger partial charge in [0.25, 0.3) is 0 Å². The van der Waals surface area contributed by atoms with Gasteiger partial charge in [0.15, 0.2) is 0 Å². The molecule has 0 spiro atoms. The fourth-order valence-electron chi connectivity index (χ4n) is 1.88. The molecule has 2 N–H and O–H groups in total. The van der Waals surface area contributed by atoms with E-state index in [1.165, 1.54) is 0 Å². The van der Waals surface area contributed by atoms with Crippen LogP contribution in [0, 0.1) is 28.6 Å². The highest BCUT2D eigenvalue weighted by Gasteiger charge is 2.19. The first-order valence-corrected chi connectivity index (χ1v) is 6.81. The van der Waals surface area contributed by atoms with Crippen LogP contribution in [0.25, 0.3) is 0 Å². The van der Waals surface area contributed by atoms with Gasteiger partial charge in [-0.05, 0) is 19.8 Å². The van der Waals surface area contributed by atoms with Gasteiger partial charge in [0.1, 0.15) is 0 Å². The van der Waals surface area contributed by atoms with E-state index in [0.29, 0.717) is 25.9 Å².